The Hall–Kier alpha value is -3.88. The second kappa shape index (κ2) is 8.93. The molecule has 0 N–H and O–H groups in total. The zero-order valence-corrected chi connectivity index (χ0v) is 17.5. The quantitative estimate of drug-likeness (QED) is 0.277. The summed E-state index contributed by atoms with van der Waals surface area (Å²) in [6.45, 7) is 1.80. The molecular weight excluding hydrogens is 438 g/mol. The fourth-order valence-corrected chi connectivity index (χ4v) is 3.71. The molecule has 1 aromatic heterocycles. The summed E-state index contributed by atoms with van der Waals surface area (Å²) >= 11 is 0. The van der Waals surface area contributed by atoms with E-state index >= 15 is 4.39 Å². The summed E-state index contributed by atoms with van der Waals surface area (Å²) in [7, 11) is 0. The average Bonchev–Trinajstić information content (AvgIpc) is 3.14. The van der Waals surface area contributed by atoms with E-state index in [9.17, 15) is 18.0 Å². The largest absolute Gasteiger partial charge is 0.462 e. The van der Waals surface area contributed by atoms with Crippen LogP contribution >= 0.6 is 0 Å². The second-order valence-electron chi connectivity index (χ2n) is 7.13. The molecule has 1 aliphatic heterocycles. The Balaban J connectivity index is 1.88. The van der Waals surface area contributed by atoms with Gasteiger partial charge < -0.3 is 9.64 Å². The maximum atomic E-state index is 15.9. The Kier molecular flexibility index (Phi) is 6.04. The Morgan fingerprint density at radius 2 is 1.55 bits per heavy atom. The zero-order valence-electron chi connectivity index (χ0n) is 17.5. The number of carbonyl (C=O) groups excluding carboxylic acids is 1. The molecule has 0 saturated heterocycles. The molecule has 0 spiro atoms. The number of halogens is 4. The van der Waals surface area contributed by atoms with Crippen LogP contribution in [0.4, 0.5) is 28.9 Å². The normalized spacial score (nSPS) is 16.3. The molecule has 33 heavy (non-hydrogen) atoms. The number of aromatic nitrogens is 1. The standard InChI is InChI=1S/C24H19F4N3O2/c1-2-33-22(32)17-8-10-18(11-9-17)31-21(25)20(16-6-4-3-5-7-16)30(23(31)24(26,27)28)19-12-14-29-15-13-19/h3-15,23H,2H2,1H3. The lowest BCUT2D eigenvalue weighted by Crippen LogP contribution is -2.51. The van der Waals surface area contributed by atoms with Crippen LogP contribution < -0.4 is 9.80 Å². The highest BCUT2D eigenvalue weighted by Gasteiger charge is 2.55. The van der Waals surface area contributed by atoms with Crippen LogP contribution in [0.3, 0.4) is 0 Å². The molecule has 9 heteroatoms. The molecule has 1 unspecified atom stereocenters. The average molecular weight is 457 g/mol. The van der Waals surface area contributed by atoms with Crippen molar-refractivity contribution in [1.82, 2.24) is 4.98 Å². The molecule has 0 aliphatic carbocycles. The van der Waals surface area contributed by atoms with Crippen LogP contribution in [0, 0.1) is 0 Å². The third-order valence-electron chi connectivity index (χ3n) is 5.07. The number of alkyl halides is 3. The monoisotopic (exact) mass is 457 g/mol. The van der Waals surface area contributed by atoms with Gasteiger partial charge in [0, 0.05) is 29.3 Å². The third kappa shape index (κ3) is 4.26. The number of hydrogen-bond donors (Lipinski definition) is 0. The van der Waals surface area contributed by atoms with Gasteiger partial charge >= 0.3 is 12.1 Å². The first kappa shape index (κ1) is 22.3. The molecule has 2 aromatic carbocycles. The lowest BCUT2D eigenvalue weighted by atomic mass is 10.1. The number of benzene rings is 2. The van der Waals surface area contributed by atoms with Gasteiger partial charge in [0.2, 0.25) is 12.1 Å². The maximum absolute atomic E-state index is 15.9. The molecular formula is C24H19F4N3O2. The molecule has 1 atom stereocenters. The van der Waals surface area contributed by atoms with Crippen molar-refractivity contribution in [3.63, 3.8) is 0 Å². The van der Waals surface area contributed by atoms with E-state index in [-0.39, 0.29) is 34.8 Å². The van der Waals surface area contributed by atoms with Crippen LogP contribution in [0.2, 0.25) is 0 Å². The summed E-state index contributed by atoms with van der Waals surface area (Å²) in [6, 6.07) is 16.0. The van der Waals surface area contributed by atoms with E-state index in [0.29, 0.717) is 4.90 Å². The SMILES string of the molecule is CCOC(=O)c1ccc(N2C(F)=C(c3ccccc3)N(c3ccncc3)C2C(F)(F)F)cc1. The number of nitrogens with zero attached hydrogens (tertiary/aromatic N) is 3. The fourth-order valence-electron chi connectivity index (χ4n) is 3.71. The first-order valence-corrected chi connectivity index (χ1v) is 10.1. The lowest BCUT2D eigenvalue weighted by Gasteiger charge is -2.35. The van der Waals surface area contributed by atoms with Gasteiger partial charge in [-0.25, -0.2) is 4.79 Å². The fraction of sp³-hybridized carbons (Fsp3) is 0.167. The zero-order chi connectivity index (χ0) is 23.6. The molecule has 5 nitrogen and oxygen atoms in total. The van der Waals surface area contributed by atoms with E-state index in [1.54, 1.807) is 37.3 Å². The van der Waals surface area contributed by atoms with Crippen LogP contribution in [0.5, 0.6) is 0 Å². The molecule has 2 heterocycles. The Morgan fingerprint density at radius 1 is 0.939 bits per heavy atom. The highest BCUT2D eigenvalue weighted by molar-refractivity contribution is 5.91. The lowest BCUT2D eigenvalue weighted by molar-refractivity contribution is -0.144. The number of carbonyl (C=O) groups is 1. The topological polar surface area (TPSA) is 45.7 Å². The van der Waals surface area contributed by atoms with Crippen LogP contribution in [0.15, 0.2) is 85.1 Å². The summed E-state index contributed by atoms with van der Waals surface area (Å²) in [6.07, 6.45) is -4.50. The van der Waals surface area contributed by atoms with Crippen LogP contribution in [0.25, 0.3) is 5.70 Å². The number of hydrogen-bond acceptors (Lipinski definition) is 5. The van der Waals surface area contributed by atoms with Crippen molar-refractivity contribution >= 4 is 23.0 Å². The van der Waals surface area contributed by atoms with Gasteiger partial charge in [-0.2, -0.15) is 17.6 Å². The van der Waals surface area contributed by atoms with E-state index < -0.39 is 24.3 Å². The summed E-state index contributed by atoms with van der Waals surface area (Å²) in [4.78, 5) is 17.3. The molecule has 1 aliphatic rings. The number of rotatable bonds is 5. The number of esters is 1. The number of pyridine rings is 1. The van der Waals surface area contributed by atoms with Crippen molar-refractivity contribution in [2.45, 2.75) is 19.3 Å². The summed E-state index contributed by atoms with van der Waals surface area (Å²) in [5.74, 6) is -1.68. The minimum Gasteiger partial charge on any atom is -0.462 e. The van der Waals surface area contributed by atoms with E-state index in [1.807, 2.05) is 0 Å². The van der Waals surface area contributed by atoms with Crippen molar-refractivity contribution in [2.24, 2.45) is 0 Å². The van der Waals surface area contributed by atoms with Gasteiger partial charge in [0.25, 0.3) is 0 Å². The van der Waals surface area contributed by atoms with Gasteiger partial charge in [-0.15, -0.1) is 0 Å². The predicted octanol–water partition coefficient (Wildman–Crippen LogP) is 5.77. The van der Waals surface area contributed by atoms with Crippen LogP contribution in [-0.2, 0) is 4.74 Å². The molecule has 0 bridgehead atoms. The first-order valence-electron chi connectivity index (χ1n) is 10.1. The van der Waals surface area contributed by atoms with Gasteiger partial charge in [-0.3, -0.25) is 9.88 Å². The smallest absolute Gasteiger partial charge is 0.428 e. The highest BCUT2D eigenvalue weighted by atomic mass is 19.4. The van der Waals surface area contributed by atoms with E-state index in [2.05, 4.69) is 4.98 Å². The third-order valence-corrected chi connectivity index (χ3v) is 5.07. The maximum Gasteiger partial charge on any atom is 0.428 e. The van der Waals surface area contributed by atoms with Crippen molar-refractivity contribution in [1.29, 1.82) is 0 Å². The molecule has 0 saturated carbocycles. The minimum absolute atomic E-state index is 0.0622. The Bertz CT molecular complexity index is 1150. The van der Waals surface area contributed by atoms with Gasteiger partial charge in [0.05, 0.1) is 12.2 Å². The Labute approximate surface area is 187 Å². The van der Waals surface area contributed by atoms with Crippen LogP contribution in [-0.4, -0.2) is 29.9 Å². The predicted molar refractivity (Wildman–Crippen MR) is 116 cm³/mol. The van der Waals surface area contributed by atoms with Gasteiger partial charge in [-0.05, 0) is 43.3 Å². The Morgan fingerprint density at radius 3 is 2.12 bits per heavy atom. The van der Waals surface area contributed by atoms with Gasteiger partial charge in [-0.1, -0.05) is 30.3 Å². The van der Waals surface area contributed by atoms with E-state index in [1.165, 1.54) is 48.8 Å². The highest BCUT2D eigenvalue weighted by Crippen LogP contribution is 2.47. The van der Waals surface area contributed by atoms with Crippen molar-refractivity contribution in [2.75, 3.05) is 16.4 Å². The van der Waals surface area contributed by atoms with Crippen molar-refractivity contribution < 1.29 is 27.1 Å². The number of anilines is 2. The molecule has 3 aromatic rings. The van der Waals surface area contributed by atoms with Crippen molar-refractivity contribution in [3.8, 4) is 0 Å². The minimum atomic E-state index is -4.84. The van der Waals surface area contributed by atoms with Crippen molar-refractivity contribution in [3.05, 3.63) is 96.2 Å². The molecule has 0 fully saturated rings. The van der Waals surface area contributed by atoms with Gasteiger partial charge in [0.15, 0.2) is 0 Å². The molecule has 4 rings (SSSR count). The van der Waals surface area contributed by atoms with Crippen LogP contribution in [0.1, 0.15) is 22.8 Å². The van der Waals surface area contributed by atoms with Gasteiger partial charge in [0.1, 0.15) is 5.70 Å². The first-order chi connectivity index (χ1) is 15.8. The molecule has 0 radical (unpaired) electrons. The second-order valence-corrected chi connectivity index (χ2v) is 7.13. The summed E-state index contributed by atoms with van der Waals surface area (Å²) < 4.78 is 64.1. The molecule has 170 valence electrons. The summed E-state index contributed by atoms with van der Waals surface area (Å²) in [5.41, 5.74) is 0.284. The van der Waals surface area contributed by atoms with E-state index in [0.717, 1.165) is 4.90 Å². The number of ether oxygens (including phenoxy) is 1. The summed E-state index contributed by atoms with van der Waals surface area (Å²) in [5, 5.41) is 0. The molecule has 0 amide bonds. The van der Waals surface area contributed by atoms with E-state index in [4.69, 9.17) is 4.74 Å².